The highest BCUT2D eigenvalue weighted by Crippen LogP contribution is 2.49. The third kappa shape index (κ3) is 6.18. The average molecular weight is 604 g/mol. The van der Waals surface area contributed by atoms with Crippen molar-refractivity contribution in [3.05, 3.63) is 70.8 Å². The van der Waals surface area contributed by atoms with E-state index in [2.05, 4.69) is 5.10 Å². The van der Waals surface area contributed by atoms with Gasteiger partial charge in [0.2, 0.25) is 0 Å². The lowest BCUT2D eigenvalue weighted by Crippen LogP contribution is -2.62. The van der Waals surface area contributed by atoms with Gasteiger partial charge < -0.3 is 14.7 Å². The van der Waals surface area contributed by atoms with Crippen LogP contribution >= 0.6 is 11.6 Å². The summed E-state index contributed by atoms with van der Waals surface area (Å²) in [5.74, 6) is 0. The van der Waals surface area contributed by atoms with Crippen LogP contribution in [0.1, 0.15) is 50.8 Å². The second-order valence-corrected chi connectivity index (χ2v) is 11.2. The van der Waals surface area contributed by atoms with Crippen molar-refractivity contribution in [3.8, 4) is 0 Å². The summed E-state index contributed by atoms with van der Waals surface area (Å²) >= 11 is 6.26. The van der Waals surface area contributed by atoms with E-state index in [9.17, 15) is 36.2 Å². The highest BCUT2D eigenvalue weighted by Gasteiger charge is 2.74. The Balaban J connectivity index is 1.69. The summed E-state index contributed by atoms with van der Waals surface area (Å²) < 4.78 is 87.8. The monoisotopic (exact) mass is 603 g/mol. The quantitative estimate of drug-likeness (QED) is 0.367. The predicted octanol–water partition coefficient (Wildman–Crippen LogP) is 7.53. The molecule has 1 unspecified atom stereocenters. The van der Waals surface area contributed by atoms with Crippen molar-refractivity contribution in [2.45, 2.75) is 63.2 Å². The van der Waals surface area contributed by atoms with Gasteiger partial charge in [-0.1, -0.05) is 48.0 Å². The zero-order valence-electron chi connectivity index (χ0n) is 22.4. The zero-order valence-corrected chi connectivity index (χ0v) is 23.1. The van der Waals surface area contributed by atoms with Crippen LogP contribution in [0, 0.1) is 0 Å². The van der Waals surface area contributed by atoms with Gasteiger partial charge in [0.15, 0.2) is 0 Å². The van der Waals surface area contributed by atoms with Gasteiger partial charge in [-0.25, -0.2) is 4.79 Å². The summed E-state index contributed by atoms with van der Waals surface area (Å²) in [7, 11) is 0. The maximum absolute atomic E-state index is 13.7. The number of hydrazone groups is 1. The summed E-state index contributed by atoms with van der Waals surface area (Å²) in [6, 6.07) is 11.4. The van der Waals surface area contributed by atoms with Gasteiger partial charge in [0, 0.05) is 19.5 Å². The molecule has 2 aromatic carbocycles. The van der Waals surface area contributed by atoms with E-state index >= 15 is 0 Å². The largest absolute Gasteiger partial charge is 0.444 e. The number of para-hydroxylation sites is 1. The lowest BCUT2D eigenvalue weighted by molar-refractivity contribution is -0.338. The van der Waals surface area contributed by atoms with Crippen molar-refractivity contribution in [1.29, 1.82) is 0 Å². The van der Waals surface area contributed by atoms with Crippen molar-refractivity contribution in [1.82, 2.24) is 4.90 Å². The summed E-state index contributed by atoms with van der Waals surface area (Å²) in [6.07, 6.45) is -11.2. The first kappa shape index (κ1) is 30.7. The summed E-state index contributed by atoms with van der Waals surface area (Å²) in [6.45, 7) is 5.90. The highest BCUT2D eigenvalue weighted by atomic mass is 35.5. The van der Waals surface area contributed by atoms with E-state index < -0.39 is 47.8 Å². The average Bonchev–Trinajstić information content (AvgIpc) is 3.32. The van der Waals surface area contributed by atoms with E-state index in [0.29, 0.717) is 24.1 Å². The third-order valence-electron chi connectivity index (χ3n) is 6.75. The minimum absolute atomic E-state index is 0.0541. The molecule has 0 bridgehead atoms. The molecule has 4 rings (SSSR count). The molecule has 6 nitrogen and oxygen atoms in total. The Bertz CT molecular complexity index is 1350. The van der Waals surface area contributed by atoms with Crippen LogP contribution in [0.5, 0.6) is 0 Å². The topological polar surface area (TPSA) is 65.4 Å². The van der Waals surface area contributed by atoms with Gasteiger partial charge in [0.25, 0.3) is 5.60 Å². The van der Waals surface area contributed by atoms with E-state index in [1.165, 1.54) is 23.1 Å². The molecule has 0 saturated heterocycles. The molecule has 41 heavy (non-hydrogen) atoms. The van der Waals surface area contributed by atoms with E-state index in [-0.39, 0.29) is 17.3 Å². The van der Waals surface area contributed by atoms with Gasteiger partial charge in [0.05, 0.1) is 22.5 Å². The number of hydrogen-bond acceptors (Lipinski definition) is 5. The van der Waals surface area contributed by atoms with Crippen LogP contribution in [0.15, 0.2) is 59.7 Å². The van der Waals surface area contributed by atoms with Crippen molar-refractivity contribution in [3.63, 3.8) is 0 Å². The number of halogens is 7. The molecule has 0 aromatic heterocycles. The molecule has 222 valence electrons. The number of benzene rings is 2. The molecule has 0 aliphatic carbocycles. The molecule has 1 atom stereocenters. The maximum Gasteiger partial charge on any atom is 0.431 e. The summed E-state index contributed by atoms with van der Waals surface area (Å²) in [5.41, 5.74) is -5.33. The summed E-state index contributed by atoms with van der Waals surface area (Å²) in [4.78, 5) is 13.9. The number of nitrogens with zero attached hydrogens (tertiary/aromatic N) is 3. The molecule has 2 aliphatic heterocycles. The first-order valence-corrected chi connectivity index (χ1v) is 13.0. The molecular weight excluding hydrogens is 576 g/mol. The van der Waals surface area contributed by atoms with E-state index in [1.54, 1.807) is 51.1 Å². The molecule has 13 heteroatoms. The molecular formula is C28H28ClF6N3O3. The van der Waals surface area contributed by atoms with Crippen molar-refractivity contribution >= 4 is 34.7 Å². The van der Waals surface area contributed by atoms with Crippen molar-refractivity contribution < 1.29 is 41.0 Å². The number of aliphatic hydroxyl groups is 1. The number of anilines is 1. The molecule has 1 amide bonds. The van der Waals surface area contributed by atoms with Gasteiger partial charge >= 0.3 is 18.4 Å². The van der Waals surface area contributed by atoms with E-state index in [4.69, 9.17) is 16.3 Å². The molecule has 2 heterocycles. The molecule has 0 fully saturated rings. The lowest BCUT2D eigenvalue weighted by atomic mass is 9.88. The van der Waals surface area contributed by atoms with E-state index in [0.717, 1.165) is 10.6 Å². The molecule has 0 radical (unpaired) electrons. The highest BCUT2D eigenvalue weighted by molar-refractivity contribution is 6.33. The number of rotatable bonds is 4. The smallest absolute Gasteiger partial charge is 0.431 e. The lowest BCUT2D eigenvalue weighted by Gasteiger charge is -2.32. The van der Waals surface area contributed by atoms with Gasteiger partial charge in [-0.3, -0.25) is 5.01 Å². The van der Waals surface area contributed by atoms with Crippen LogP contribution in [-0.2, 0) is 4.74 Å². The normalized spacial score (nSPS) is 18.8. The molecule has 2 aromatic rings. The fraction of sp³-hybridized carbons (Fsp3) is 0.429. The zero-order chi connectivity index (χ0) is 30.4. The number of hydrogen-bond donors (Lipinski definition) is 1. The Morgan fingerprint density at radius 1 is 1.02 bits per heavy atom. The van der Waals surface area contributed by atoms with Gasteiger partial charge in [-0.2, -0.15) is 31.4 Å². The van der Waals surface area contributed by atoms with Gasteiger partial charge in [0.1, 0.15) is 5.60 Å². The predicted molar refractivity (Wildman–Crippen MR) is 143 cm³/mol. The van der Waals surface area contributed by atoms with Crippen LogP contribution < -0.4 is 5.01 Å². The Labute approximate surface area is 237 Å². The molecule has 1 N–H and O–H groups in total. The Morgan fingerprint density at radius 3 is 2.24 bits per heavy atom. The van der Waals surface area contributed by atoms with Crippen molar-refractivity contribution in [2.24, 2.45) is 5.10 Å². The fourth-order valence-electron chi connectivity index (χ4n) is 4.71. The van der Waals surface area contributed by atoms with Crippen molar-refractivity contribution in [2.75, 3.05) is 18.1 Å². The minimum Gasteiger partial charge on any atom is -0.444 e. The number of carbonyl (C=O) groups is 1. The number of amides is 1. The van der Waals surface area contributed by atoms with Crippen LogP contribution in [0.2, 0.25) is 5.02 Å². The first-order chi connectivity index (χ1) is 18.9. The van der Waals surface area contributed by atoms with Crippen LogP contribution in [-0.4, -0.2) is 58.5 Å². The second kappa shape index (κ2) is 10.9. The Morgan fingerprint density at radius 2 is 1.68 bits per heavy atom. The van der Waals surface area contributed by atoms with E-state index in [1.807, 2.05) is 6.08 Å². The maximum atomic E-state index is 13.7. The second-order valence-electron chi connectivity index (χ2n) is 10.8. The van der Waals surface area contributed by atoms with Gasteiger partial charge in [-0.05, 0) is 62.1 Å². The molecule has 2 aliphatic rings. The third-order valence-corrected chi connectivity index (χ3v) is 7.07. The van der Waals surface area contributed by atoms with Crippen LogP contribution in [0.3, 0.4) is 0 Å². The fourth-order valence-corrected chi connectivity index (χ4v) is 4.93. The Hall–Kier alpha value is -3.25. The number of ether oxygens (including phenoxy) is 1. The standard InChI is InChI=1S/C28H28ClF6N3O3/c1-25(2,3)41-24(39)37-13-11-17(12-14-37)18-7-6-8-19(15-18)22-16-23(26(40,27(30,31)32)28(33,34)35)36-38(22)21-10-5-4-9-20(21)29/h4-11,15,22,40H,12-14,16H2,1-3H3. The number of carbonyl (C=O) groups excluding carboxylic acids is 1. The SMILES string of the molecule is CC(C)(C)OC(=O)N1CC=C(c2cccc(C3CC(C(O)(C(F)(F)F)C(F)(F)F)=NN3c3ccccc3Cl)c2)CC1. The molecule has 0 saturated carbocycles. The number of alkyl halides is 6. The Kier molecular flexibility index (Phi) is 8.14. The molecule has 0 spiro atoms. The van der Waals surface area contributed by atoms with Crippen LogP contribution in [0.25, 0.3) is 5.57 Å². The van der Waals surface area contributed by atoms with Crippen LogP contribution in [0.4, 0.5) is 36.8 Å². The first-order valence-electron chi connectivity index (χ1n) is 12.7. The summed E-state index contributed by atoms with van der Waals surface area (Å²) in [5, 5.41) is 14.8. The van der Waals surface area contributed by atoms with Gasteiger partial charge in [-0.15, -0.1) is 0 Å². The minimum atomic E-state index is -6.07.